The van der Waals surface area contributed by atoms with E-state index in [1.54, 1.807) is 6.92 Å². The average molecular weight is 424 g/mol. The lowest BCUT2D eigenvalue weighted by atomic mass is 10.1. The predicted molar refractivity (Wildman–Crippen MR) is 107 cm³/mol. The number of nitrogens with one attached hydrogen (secondary N) is 1. The molecule has 0 aromatic heterocycles. The largest absolute Gasteiger partial charge is 0.466 e. The topological polar surface area (TPSA) is 102 Å². The number of amides is 1. The van der Waals surface area contributed by atoms with Crippen molar-refractivity contribution in [2.75, 3.05) is 30.4 Å². The Morgan fingerprint density at radius 3 is 2.59 bits per heavy atom. The van der Waals surface area contributed by atoms with Gasteiger partial charge >= 0.3 is 5.97 Å². The molecule has 2 aromatic carbocycles. The molecule has 0 fully saturated rings. The number of benzene rings is 2. The molecule has 0 radical (unpaired) electrons. The van der Waals surface area contributed by atoms with Gasteiger partial charge in [-0.25, -0.2) is 4.39 Å². The fourth-order valence-corrected chi connectivity index (χ4v) is 2.79. The standard InChI is InChI=1S/C19H19ClFN3O5/c1-3-29-18(25)8-9-23(13-5-6-15(21)14(20)11-13)19(26)12-4-7-16(22-2)17(10-12)24(27)28/h4-7,10-11,22H,3,8-9H2,1-2H3. The van der Waals surface area contributed by atoms with Gasteiger partial charge in [-0.15, -0.1) is 0 Å². The molecular formula is C19H19ClFN3O5. The van der Waals surface area contributed by atoms with E-state index in [0.717, 1.165) is 12.1 Å². The third kappa shape index (κ3) is 5.41. The highest BCUT2D eigenvalue weighted by Crippen LogP contribution is 2.28. The number of hydrogen-bond donors (Lipinski definition) is 1. The van der Waals surface area contributed by atoms with Crippen molar-refractivity contribution in [3.05, 3.63) is 62.9 Å². The third-order valence-electron chi connectivity index (χ3n) is 4.02. The molecule has 0 bridgehead atoms. The fourth-order valence-electron chi connectivity index (χ4n) is 2.62. The number of ether oxygens (including phenoxy) is 1. The molecule has 0 unspecified atom stereocenters. The second-order valence-electron chi connectivity index (χ2n) is 5.85. The van der Waals surface area contributed by atoms with Gasteiger partial charge in [0.15, 0.2) is 0 Å². The molecule has 2 rings (SSSR count). The number of carbonyl (C=O) groups is 2. The Labute approximate surface area is 171 Å². The lowest BCUT2D eigenvalue weighted by Crippen LogP contribution is -2.33. The van der Waals surface area contributed by atoms with Crippen LogP contribution in [-0.2, 0) is 9.53 Å². The summed E-state index contributed by atoms with van der Waals surface area (Å²) in [7, 11) is 1.52. The van der Waals surface area contributed by atoms with Crippen LogP contribution in [0.2, 0.25) is 5.02 Å². The minimum absolute atomic E-state index is 0.0278. The number of halogens is 2. The fraction of sp³-hybridized carbons (Fsp3) is 0.263. The summed E-state index contributed by atoms with van der Waals surface area (Å²) in [6, 6.07) is 7.64. The maximum atomic E-state index is 13.5. The molecule has 0 atom stereocenters. The normalized spacial score (nSPS) is 10.3. The smallest absolute Gasteiger partial charge is 0.307 e. The van der Waals surface area contributed by atoms with Crippen molar-refractivity contribution in [2.24, 2.45) is 0 Å². The lowest BCUT2D eigenvalue weighted by molar-refractivity contribution is -0.384. The van der Waals surface area contributed by atoms with Crippen LogP contribution in [0, 0.1) is 15.9 Å². The molecule has 8 nitrogen and oxygen atoms in total. The van der Waals surface area contributed by atoms with Gasteiger partial charge in [0.25, 0.3) is 11.6 Å². The monoisotopic (exact) mass is 423 g/mol. The number of anilines is 2. The predicted octanol–water partition coefficient (Wildman–Crippen LogP) is 4.03. The first-order valence-corrected chi connectivity index (χ1v) is 9.05. The molecule has 1 amide bonds. The van der Waals surface area contributed by atoms with E-state index in [-0.39, 0.29) is 47.2 Å². The Hall–Kier alpha value is -3.20. The number of nitro benzene ring substituents is 1. The summed E-state index contributed by atoms with van der Waals surface area (Å²) in [6.07, 6.45) is -0.120. The van der Waals surface area contributed by atoms with Crippen LogP contribution in [0.15, 0.2) is 36.4 Å². The van der Waals surface area contributed by atoms with Gasteiger partial charge in [-0.05, 0) is 37.3 Å². The van der Waals surface area contributed by atoms with Crippen LogP contribution in [-0.4, -0.2) is 37.0 Å². The maximum absolute atomic E-state index is 13.5. The zero-order valence-corrected chi connectivity index (χ0v) is 16.5. The molecule has 0 aliphatic rings. The van der Waals surface area contributed by atoms with E-state index in [9.17, 15) is 24.1 Å². The minimum atomic E-state index is -0.665. The summed E-state index contributed by atoms with van der Waals surface area (Å²) < 4.78 is 18.4. The summed E-state index contributed by atoms with van der Waals surface area (Å²) in [4.78, 5) is 36.7. The zero-order chi connectivity index (χ0) is 21.6. The van der Waals surface area contributed by atoms with Crippen molar-refractivity contribution in [3.8, 4) is 0 Å². The summed E-state index contributed by atoms with van der Waals surface area (Å²) in [5.74, 6) is -1.79. The van der Waals surface area contributed by atoms with Crippen molar-refractivity contribution in [1.29, 1.82) is 0 Å². The van der Waals surface area contributed by atoms with Crippen molar-refractivity contribution >= 4 is 40.5 Å². The van der Waals surface area contributed by atoms with E-state index < -0.39 is 22.6 Å². The number of esters is 1. The van der Waals surface area contributed by atoms with Gasteiger partial charge in [0.1, 0.15) is 11.5 Å². The maximum Gasteiger partial charge on any atom is 0.307 e. The molecule has 1 N–H and O–H groups in total. The van der Waals surface area contributed by atoms with Gasteiger partial charge in [-0.3, -0.25) is 19.7 Å². The van der Waals surface area contributed by atoms with Crippen molar-refractivity contribution < 1.29 is 23.6 Å². The highest BCUT2D eigenvalue weighted by atomic mass is 35.5. The number of carbonyl (C=O) groups excluding carboxylic acids is 2. The Bertz CT molecular complexity index is 938. The highest BCUT2D eigenvalue weighted by molar-refractivity contribution is 6.31. The Kier molecular flexibility index (Phi) is 7.49. The van der Waals surface area contributed by atoms with E-state index in [2.05, 4.69) is 5.32 Å². The van der Waals surface area contributed by atoms with E-state index >= 15 is 0 Å². The molecule has 2 aromatic rings. The zero-order valence-electron chi connectivity index (χ0n) is 15.8. The van der Waals surface area contributed by atoms with Gasteiger partial charge in [-0.1, -0.05) is 11.6 Å². The van der Waals surface area contributed by atoms with Crippen molar-refractivity contribution in [1.82, 2.24) is 0 Å². The summed E-state index contributed by atoms with van der Waals surface area (Å²) in [5.41, 5.74) is 0.237. The van der Waals surface area contributed by atoms with Crippen LogP contribution in [0.4, 0.5) is 21.5 Å². The van der Waals surface area contributed by atoms with Gasteiger partial charge in [-0.2, -0.15) is 0 Å². The summed E-state index contributed by atoms with van der Waals surface area (Å²) in [5, 5.41) is 13.8. The minimum Gasteiger partial charge on any atom is -0.466 e. The molecule has 29 heavy (non-hydrogen) atoms. The lowest BCUT2D eigenvalue weighted by Gasteiger charge is -2.23. The quantitative estimate of drug-likeness (QED) is 0.390. The Balaban J connectivity index is 2.42. The van der Waals surface area contributed by atoms with Crippen LogP contribution in [0.3, 0.4) is 0 Å². The van der Waals surface area contributed by atoms with E-state index in [1.807, 2.05) is 0 Å². The molecule has 0 spiro atoms. The molecule has 0 saturated carbocycles. The molecule has 0 aliphatic heterocycles. The van der Waals surface area contributed by atoms with E-state index in [4.69, 9.17) is 16.3 Å². The van der Waals surface area contributed by atoms with Crippen LogP contribution in [0.5, 0.6) is 0 Å². The summed E-state index contributed by atoms with van der Waals surface area (Å²) in [6.45, 7) is 1.76. The SMILES string of the molecule is CCOC(=O)CCN(C(=O)c1ccc(NC)c([N+](=O)[O-])c1)c1ccc(F)c(Cl)c1. The van der Waals surface area contributed by atoms with Gasteiger partial charge in [0, 0.05) is 30.9 Å². The van der Waals surface area contributed by atoms with Crippen molar-refractivity contribution in [2.45, 2.75) is 13.3 Å². The van der Waals surface area contributed by atoms with Gasteiger partial charge < -0.3 is 15.0 Å². The number of nitrogens with zero attached hydrogens (tertiary/aromatic N) is 2. The third-order valence-corrected chi connectivity index (χ3v) is 4.31. The van der Waals surface area contributed by atoms with Crippen LogP contribution >= 0.6 is 11.6 Å². The first-order chi connectivity index (χ1) is 13.8. The van der Waals surface area contributed by atoms with E-state index in [0.29, 0.717) is 0 Å². The molecule has 0 saturated heterocycles. The number of rotatable bonds is 8. The van der Waals surface area contributed by atoms with E-state index in [1.165, 1.54) is 36.2 Å². The average Bonchev–Trinajstić information content (AvgIpc) is 2.70. The second kappa shape index (κ2) is 9.83. The van der Waals surface area contributed by atoms with Crippen LogP contribution in [0.25, 0.3) is 0 Å². The second-order valence-corrected chi connectivity index (χ2v) is 6.26. The first-order valence-electron chi connectivity index (χ1n) is 8.67. The Morgan fingerprint density at radius 2 is 2.00 bits per heavy atom. The molecule has 154 valence electrons. The molecular weight excluding hydrogens is 405 g/mol. The molecule has 0 heterocycles. The molecule has 10 heteroatoms. The van der Waals surface area contributed by atoms with Crippen LogP contribution in [0.1, 0.15) is 23.7 Å². The number of nitro groups is 1. The van der Waals surface area contributed by atoms with Gasteiger partial charge in [0.2, 0.25) is 0 Å². The molecule has 0 aliphatic carbocycles. The van der Waals surface area contributed by atoms with Gasteiger partial charge in [0.05, 0.1) is 23.0 Å². The highest BCUT2D eigenvalue weighted by Gasteiger charge is 2.23. The Morgan fingerprint density at radius 1 is 1.28 bits per heavy atom. The first kappa shape index (κ1) is 22.1. The summed E-state index contributed by atoms with van der Waals surface area (Å²) >= 11 is 5.83. The number of hydrogen-bond acceptors (Lipinski definition) is 6. The van der Waals surface area contributed by atoms with Crippen LogP contribution < -0.4 is 10.2 Å². The van der Waals surface area contributed by atoms with Crippen molar-refractivity contribution in [3.63, 3.8) is 0 Å².